The van der Waals surface area contributed by atoms with Gasteiger partial charge in [0.15, 0.2) is 5.65 Å². The van der Waals surface area contributed by atoms with Gasteiger partial charge in [0.1, 0.15) is 18.1 Å². The zero-order valence-electron chi connectivity index (χ0n) is 18.5. The van der Waals surface area contributed by atoms with Crippen molar-refractivity contribution in [3.8, 4) is 28.6 Å². The lowest BCUT2D eigenvalue weighted by molar-refractivity contribution is -0.117. The van der Waals surface area contributed by atoms with E-state index >= 15 is 0 Å². The van der Waals surface area contributed by atoms with Gasteiger partial charge in [-0.15, -0.1) is 5.10 Å². The Morgan fingerprint density at radius 1 is 1.14 bits per heavy atom. The lowest BCUT2D eigenvalue weighted by atomic mass is 10.2. The molecule has 11 heteroatoms. The van der Waals surface area contributed by atoms with E-state index in [2.05, 4.69) is 20.6 Å². The lowest BCUT2D eigenvalue weighted by Gasteiger charge is -2.06. The van der Waals surface area contributed by atoms with Crippen LogP contribution in [0.1, 0.15) is 6.92 Å². The van der Waals surface area contributed by atoms with Crippen molar-refractivity contribution in [1.29, 1.82) is 0 Å². The van der Waals surface area contributed by atoms with E-state index in [1.807, 2.05) is 6.92 Å². The number of nitrogens with one attached hydrogen (secondary N) is 1. The highest BCUT2D eigenvalue weighted by Gasteiger charge is 2.19. The van der Waals surface area contributed by atoms with E-state index in [4.69, 9.17) is 9.26 Å². The molecule has 0 radical (unpaired) electrons. The molecule has 0 unspecified atom stereocenters. The van der Waals surface area contributed by atoms with Crippen molar-refractivity contribution >= 4 is 17.2 Å². The van der Waals surface area contributed by atoms with Crippen molar-refractivity contribution in [3.05, 3.63) is 83.2 Å². The van der Waals surface area contributed by atoms with Crippen molar-refractivity contribution in [1.82, 2.24) is 24.3 Å². The van der Waals surface area contributed by atoms with Gasteiger partial charge in [-0.3, -0.25) is 4.79 Å². The van der Waals surface area contributed by atoms with E-state index in [0.29, 0.717) is 29.2 Å². The topological polar surface area (TPSA) is 117 Å². The molecule has 10 nitrogen and oxygen atoms in total. The number of hydrogen-bond acceptors (Lipinski definition) is 7. The summed E-state index contributed by atoms with van der Waals surface area (Å²) in [6.07, 6.45) is 1.53. The van der Waals surface area contributed by atoms with Gasteiger partial charge in [-0.05, 0) is 55.5 Å². The first-order chi connectivity index (χ1) is 17.0. The minimum absolute atomic E-state index is 0.103. The number of rotatable bonds is 7. The highest BCUT2D eigenvalue weighted by atomic mass is 19.1. The van der Waals surface area contributed by atoms with Crippen LogP contribution in [0.4, 0.5) is 10.1 Å². The minimum atomic E-state index is -0.506. The molecule has 3 heterocycles. The summed E-state index contributed by atoms with van der Waals surface area (Å²) in [5, 5.41) is 10.9. The second-order valence-corrected chi connectivity index (χ2v) is 7.49. The smallest absolute Gasteiger partial charge is 0.350 e. The molecule has 0 aliphatic rings. The van der Waals surface area contributed by atoms with Gasteiger partial charge in [-0.25, -0.2) is 18.3 Å². The maximum atomic E-state index is 13.6. The maximum Gasteiger partial charge on any atom is 0.350 e. The molecule has 0 saturated carbocycles. The number of pyridine rings is 1. The Morgan fingerprint density at radius 3 is 2.74 bits per heavy atom. The summed E-state index contributed by atoms with van der Waals surface area (Å²) in [7, 11) is 0. The Morgan fingerprint density at radius 2 is 1.97 bits per heavy atom. The molecule has 3 aromatic heterocycles. The number of aromatic nitrogens is 5. The van der Waals surface area contributed by atoms with Crippen LogP contribution in [-0.4, -0.2) is 36.8 Å². The van der Waals surface area contributed by atoms with Gasteiger partial charge in [-0.1, -0.05) is 17.3 Å². The molecule has 0 aliphatic heterocycles. The van der Waals surface area contributed by atoms with Crippen molar-refractivity contribution in [2.45, 2.75) is 13.5 Å². The SMILES string of the molecule is CCOc1ccc(NC(=O)Cn2nc3c(-c4nc(-c5cccc(F)c5)no4)cccn3c2=O)cc1. The number of carbonyl (C=O) groups excluding carboxylic acids is 1. The Kier molecular flexibility index (Phi) is 5.80. The van der Waals surface area contributed by atoms with Crippen LogP contribution in [0.25, 0.3) is 28.5 Å². The Hall–Kier alpha value is -4.80. The van der Waals surface area contributed by atoms with E-state index in [1.165, 1.54) is 22.7 Å². The van der Waals surface area contributed by atoms with Gasteiger partial charge in [0.25, 0.3) is 5.89 Å². The summed E-state index contributed by atoms with van der Waals surface area (Å²) in [6.45, 7) is 2.13. The summed E-state index contributed by atoms with van der Waals surface area (Å²) < 4.78 is 26.6. The second-order valence-electron chi connectivity index (χ2n) is 7.49. The zero-order valence-corrected chi connectivity index (χ0v) is 18.5. The van der Waals surface area contributed by atoms with E-state index in [1.54, 1.807) is 48.5 Å². The predicted octanol–water partition coefficient (Wildman–Crippen LogP) is 3.39. The van der Waals surface area contributed by atoms with Gasteiger partial charge in [0.2, 0.25) is 11.7 Å². The number of anilines is 1. The molecule has 2 aromatic carbocycles. The molecule has 1 N–H and O–H groups in total. The Balaban J connectivity index is 1.40. The van der Waals surface area contributed by atoms with Crippen LogP contribution >= 0.6 is 0 Å². The summed E-state index contributed by atoms with van der Waals surface area (Å²) >= 11 is 0. The fourth-order valence-electron chi connectivity index (χ4n) is 3.52. The van der Waals surface area contributed by atoms with Gasteiger partial charge >= 0.3 is 5.69 Å². The molecular formula is C24H19FN6O4. The zero-order chi connectivity index (χ0) is 24.4. The molecule has 5 rings (SSSR count). The third-order valence-corrected chi connectivity index (χ3v) is 5.09. The normalized spacial score (nSPS) is 11.0. The number of ether oxygens (including phenoxy) is 1. The van der Waals surface area contributed by atoms with Crippen LogP contribution in [0, 0.1) is 5.82 Å². The van der Waals surface area contributed by atoms with Crippen LogP contribution in [0.5, 0.6) is 5.75 Å². The molecule has 0 bridgehead atoms. The van der Waals surface area contributed by atoms with E-state index in [-0.39, 0.29) is 23.9 Å². The monoisotopic (exact) mass is 474 g/mol. The highest BCUT2D eigenvalue weighted by molar-refractivity contribution is 5.90. The first kappa shape index (κ1) is 22.0. The first-order valence-electron chi connectivity index (χ1n) is 10.7. The fourth-order valence-corrected chi connectivity index (χ4v) is 3.52. The second kappa shape index (κ2) is 9.21. The van der Waals surface area contributed by atoms with Crippen LogP contribution < -0.4 is 15.7 Å². The third kappa shape index (κ3) is 4.51. The van der Waals surface area contributed by atoms with Crippen LogP contribution in [0.2, 0.25) is 0 Å². The molecular weight excluding hydrogens is 455 g/mol. The van der Waals surface area contributed by atoms with Crippen molar-refractivity contribution in [2.24, 2.45) is 0 Å². The van der Waals surface area contributed by atoms with Crippen LogP contribution in [0.15, 0.2) is 76.2 Å². The first-order valence-corrected chi connectivity index (χ1v) is 10.7. The third-order valence-electron chi connectivity index (χ3n) is 5.09. The van der Waals surface area contributed by atoms with E-state index in [9.17, 15) is 14.0 Å². The molecule has 1 amide bonds. The standard InChI is InChI=1S/C24H19FN6O4/c1-2-34-18-10-8-17(9-11-18)26-20(32)14-31-24(33)30-12-4-7-19(22(30)28-31)23-27-21(29-35-23)15-5-3-6-16(25)13-15/h3-13H,2,14H2,1H3,(H,26,32). The highest BCUT2D eigenvalue weighted by Crippen LogP contribution is 2.25. The fraction of sp³-hybridized carbons (Fsp3) is 0.125. The quantitative estimate of drug-likeness (QED) is 0.384. The maximum absolute atomic E-state index is 13.6. The number of hydrogen-bond donors (Lipinski definition) is 1. The summed E-state index contributed by atoms with van der Waals surface area (Å²) in [6, 6.07) is 16.0. The molecule has 35 heavy (non-hydrogen) atoms. The minimum Gasteiger partial charge on any atom is -0.494 e. The van der Waals surface area contributed by atoms with Crippen LogP contribution in [-0.2, 0) is 11.3 Å². The van der Waals surface area contributed by atoms with Gasteiger partial charge in [0, 0.05) is 17.4 Å². The molecule has 5 aromatic rings. The van der Waals surface area contributed by atoms with E-state index < -0.39 is 17.4 Å². The lowest BCUT2D eigenvalue weighted by Crippen LogP contribution is -2.28. The number of nitrogens with zero attached hydrogens (tertiary/aromatic N) is 5. The largest absolute Gasteiger partial charge is 0.494 e. The average Bonchev–Trinajstić information content (AvgIpc) is 3.46. The van der Waals surface area contributed by atoms with E-state index in [0.717, 1.165) is 4.68 Å². The Labute approximate surface area is 197 Å². The summed E-state index contributed by atoms with van der Waals surface area (Å²) in [5.41, 5.74) is 1.13. The van der Waals surface area contributed by atoms with Crippen molar-refractivity contribution in [2.75, 3.05) is 11.9 Å². The van der Waals surface area contributed by atoms with Crippen molar-refractivity contribution < 1.29 is 18.4 Å². The molecule has 0 spiro atoms. The number of amides is 1. The number of halogens is 1. The van der Waals surface area contributed by atoms with Crippen LogP contribution in [0.3, 0.4) is 0 Å². The van der Waals surface area contributed by atoms with Crippen molar-refractivity contribution in [3.63, 3.8) is 0 Å². The number of carbonyl (C=O) groups is 1. The van der Waals surface area contributed by atoms with Gasteiger partial charge < -0.3 is 14.6 Å². The summed E-state index contributed by atoms with van der Waals surface area (Å²) in [4.78, 5) is 29.7. The molecule has 0 fully saturated rings. The molecule has 0 atom stereocenters. The number of fused-ring (bicyclic) bond motifs is 1. The predicted molar refractivity (Wildman–Crippen MR) is 124 cm³/mol. The van der Waals surface area contributed by atoms with Gasteiger partial charge in [0.05, 0.1) is 12.2 Å². The molecule has 176 valence electrons. The average molecular weight is 474 g/mol. The molecule has 0 aliphatic carbocycles. The summed E-state index contributed by atoms with van der Waals surface area (Å²) in [5.74, 6) is 0.136. The number of benzene rings is 2. The van der Waals surface area contributed by atoms with Gasteiger partial charge in [-0.2, -0.15) is 4.98 Å². The Bertz CT molecular complexity index is 1570. The molecule has 0 saturated heterocycles.